The summed E-state index contributed by atoms with van der Waals surface area (Å²) in [5, 5.41) is 19.0. The maximum atomic E-state index is 10.2. The molecule has 0 unspecified atom stereocenters. The molecule has 0 radical (unpaired) electrons. The van der Waals surface area contributed by atoms with Gasteiger partial charge in [0, 0.05) is 24.5 Å². The van der Waals surface area contributed by atoms with Crippen molar-refractivity contribution < 1.29 is 9.84 Å². The molecule has 0 bridgehead atoms. The van der Waals surface area contributed by atoms with E-state index in [0.717, 1.165) is 9.21 Å². The van der Waals surface area contributed by atoms with Gasteiger partial charge in [-0.3, -0.25) is 4.90 Å². The molecule has 0 fully saturated rings. The Kier molecular flexibility index (Phi) is 7.29. The van der Waals surface area contributed by atoms with Crippen LogP contribution in [0.15, 0.2) is 49.1 Å². The highest BCUT2D eigenvalue weighted by Gasteiger charge is 2.13. The number of nitriles is 1. The number of aliphatic hydroxyl groups excluding tert-OH is 1. The predicted molar refractivity (Wildman–Crippen MR) is 97.5 cm³/mol. The predicted octanol–water partition coefficient (Wildman–Crippen LogP) is 3.70. The van der Waals surface area contributed by atoms with Gasteiger partial charge in [-0.15, -0.1) is 17.9 Å². The van der Waals surface area contributed by atoms with Crippen molar-refractivity contribution in [2.24, 2.45) is 0 Å². The number of benzene rings is 1. The van der Waals surface area contributed by atoms with Gasteiger partial charge in [-0.05, 0) is 36.4 Å². The van der Waals surface area contributed by atoms with E-state index in [-0.39, 0.29) is 6.61 Å². The molecule has 0 spiro atoms. The summed E-state index contributed by atoms with van der Waals surface area (Å²) in [4.78, 5) is 3.23. The Morgan fingerprint density at radius 2 is 2.08 bits per heavy atom. The first-order chi connectivity index (χ1) is 11.6. The Balaban J connectivity index is 1.84. The lowest BCUT2D eigenvalue weighted by atomic mass is 10.2. The van der Waals surface area contributed by atoms with E-state index in [4.69, 9.17) is 21.6 Å². The summed E-state index contributed by atoms with van der Waals surface area (Å²) < 4.78 is 6.33. The Hall–Kier alpha value is -1.84. The van der Waals surface area contributed by atoms with Crippen molar-refractivity contribution in [1.82, 2.24) is 4.90 Å². The molecule has 1 atom stereocenters. The molecule has 1 N–H and O–H groups in total. The minimum Gasteiger partial charge on any atom is -0.491 e. The number of rotatable bonds is 9. The zero-order valence-electron chi connectivity index (χ0n) is 13.2. The molecule has 1 aromatic carbocycles. The Bertz CT molecular complexity index is 694. The molecule has 126 valence electrons. The third kappa shape index (κ3) is 5.99. The SMILES string of the molecule is C=CCN(Cc1ccc(Cl)s1)C[C@H](O)COc1ccc(C#N)cc1. The number of aliphatic hydroxyl groups is 1. The summed E-state index contributed by atoms with van der Waals surface area (Å²) in [6.45, 7) is 5.79. The van der Waals surface area contributed by atoms with Crippen molar-refractivity contribution in [3.05, 3.63) is 63.8 Å². The lowest BCUT2D eigenvalue weighted by molar-refractivity contribution is 0.0699. The molecule has 24 heavy (non-hydrogen) atoms. The lowest BCUT2D eigenvalue weighted by Crippen LogP contribution is -2.35. The van der Waals surface area contributed by atoms with Gasteiger partial charge < -0.3 is 9.84 Å². The van der Waals surface area contributed by atoms with E-state index in [1.807, 2.05) is 18.2 Å². The van der Waals surface area contributed by atoms with Crippen LogP contribution in [0.1, 0.15) is 10.4 Å². The number of thiophene rings is 1. The summed E-state index contributed by atoms with van der Waals surface area (Å²) >= 11 is 7.49. The average molecular weight is 363 g/mol. The third-order valence-corrected chi connectivity index (χ3v) is 4.51. The molecule has 2 rings (SSSR count). The highest BCUT2D eigenvalue weighted by Crippen LogP contribution is 2.22. The number of ether oxygens (including phenoxy) is 1. The Morgan fingerprint density at radius 3 is 2.67 bits per heavy atom. The first-order valence-corrected chi connectivity index (χ1v) is 8.68. The van der Waals surface area contributed by atoms with Crippen molar-refractivity contribution in [1.29, 1.82) is 5.26 Å². The number of hydrogen-bond donors (Lipinski definition) is 1. The van der Waals surface area contributed by atoms with Crippen molar-refractivity contribution in [3.63, 3.8) is 0 Å². The van der Waals surface area contributed by atoms with E-state index in [1.165, 1.54) is 11.3 Å². The van der Waals surface area contributed by atoms with Crippen LogP contribution in [0.5, 0.6) is 5.75 Å². The first kappa shape index (κ1) is 18.5. The van der Waals surface area contributed by atoms with Gasteiger partial charge in [-0.1, -0.05) is 17.7 Å². The first-order valence-electron chi connectivity index (χ1n) is 7.49. The molecule has 4 nitrogen and oxygen atoms in total. The molecule has 0 saturated heterocycles. The van der Waals surface area contributed by atoms with Crippen LogP contribution in [0.3, 0.4) is 0 Å². The highest BCUT2D eigenvalue weighted by molar-refractivity contribution is 7.16. The molecule has 0 aliphatic carbocycles. The fourth-order valence-corrected chi connectivity index (χ4v) is 3.34. The van der Waals surface area contributed by atoms with E-state index < -0.39 is 6.10 Å². The summed E-state index contributed by atoms with van der Waals surface area (Å²) in [5.41, 5.74) is 0.578. The molecule has 2 aromatic rings. The molecule has 0 saturated carbocycles. The maximum Gasteiger partial charge on any atom is 0.119 e. The van der Waals surface area contributed by atoms with Gasteiger partial charge in [0.25, 0.3) is 0 Å². The normalized spacial score (nSPS) is 11.9. The minimum atomic E-state index is -0.629. The van der Waals surface area contributed by atoms with Crippen molar-refractivity contribution in [3.8, 4) is 11.8 Å². The van der Waals surface area contributed by atoms with Gasteiger partial charge in [0.1, 0.15) is 18.5 Å². The monoisotopic (exact) mass is 362 g/mol. The van der Waals surface area contributed by atoms with E-state index >= 15 is 0 Å². The number of hydrogen-bond acceptors (Lipinski definition) is 5. The van der Waals surface area contributed by atoms with Crippen LogP contribution >= 0.6 is 22.9 Å². The zero-order chi connectivity index (χ0) is 17.4. The maximum absolute atomic E-state index is 10.2. The van der Waals surface area contributed by atoms with Crippen LogP contribution in [0, 0.1) is 11.3 Å². The standard InChI is InChI=1S/C18H19ClN2O2S/c1-2-9-21(12-17-7-8-18(19)24-17)11-15(22)13-23-16-5-3-14(10-20)4-6-16/h2-8,15,22H,1,9,11-13H2/t15-/m0/s1. The van der Waals surface area contributed by atoms with E-state index in [0.29, 0.717) is 30.9 Å². The largest absolute Gasteiger partial charge is 0.491 e. The average Bonchev–Trinajstić information content (AvgIpc) is 2.98. The van der Waals surface area contributed by atoms with Gasteiger partial charge in [0.15, 0.2) is 0 Å². The fourth-order valence-electron chi connectivity index (χ4n) is 2.21. The quantitative estimate of drug-likeness (QED) is 0.691. The minimum absolute atomic E-state index is 0.185. The second-order valence-electron chi connectivity index (χ2n) is 5.29. The molecule has 1 aromatic heterocycles. The van der Waals surface area contributed by atoms with E-state index in [9.17, 15) is 5.11 Å². The summed E-state index contributed by atoms with van der Waals surface area (Å²) in [6.07, 6.45) is 1.18. The fraction of sp³-hybridized carbons (Fsp3) is 0.278. The van der Waals surface area contributed by atoms with Gasteiger partial charge in [0.2, 0.25) is 0 Å². The molecule has 0 amide bonds. The van der Waals surface area contributed by atoms with Crippen LogP contribution in [0.4, 0.5) is 0 Å². The lowest BCUT2D eigenvalue weighted by Gasteiger charge is -2.23. The van der Waals surface area contributed by atoms with Crippen LogP contribution in [-0.4, -0.2) is 35.8 Å². The van der Waals surface area contributed by atoms with Crippen LogP contribution in [0.2, 0.25) is 4.34 Å². The zero-order valence-corrected chi connectivity index (χ0v) is 14.8. The molecular formula is C18H19ClN2O2S. The number of halogens is 1. The van der Waals surface area contributed by atoms with Crippen molar-refractivity contribution >= 4 is 22.9 Å². The van der Waals surface area contributed by atoms with Crippen molar-refractivity contribution in [2.45, 2.75) is 12.6 Å². The topological polar surface area (TPSA) is 56.5 Å². The smallest absolute Gasteiger partial charge is 0.119 e. The van der Waals surface area contributed by atoms with Crippen LogP contribution in [0.25, 0.3) is 0 Å². The van der Waals surface area contributed by atoms with Gasteiger partial charge in [-0.25, -0.2) is 0 Å². The Labute approximate surface area is 151 Å². The van der Waals surface area contributed by atoms with Gasteiger partial charge >= 0.3 is 0 Å². The van der Waals surface area contributed by atoms with E-state index in [1.54, 1.807) is 24.3 Å². The van der Waals surface area contributed by atoms with E-state index in [2.05, 4.69) is 17.5 Å². The molecule has 0 aliphatic heterocycles. The third-order valence-electron chi connectivity index (χ3n) is 3.29. The number of nitrogens with zero attached hydrogens (tertiary/aromatic N) is 2. The molecule has 6 heteroatoms. The van der Waals surface area contributed by atoms with Crippen LogP contribution < -0.4 is 4.74 Å². The Morgan fingerprint density at radius 1 is 1.33 bits per heavy atom. The summed E-state index contributed by atoms with van der Waals surface area (Å²) in [5.74, 6) is 0.633. The molecule has 0 aliphatic rings. The molecule has 1 heterocycles. The van der Waals surface area contributed by atoms with Gasteiger partial charge in [-0.2, -0.15) is 5.26 Å². The summed E-state index contributed by atoms with van der Waals surface area (Å²) in [6, 6.07) is 12.7. The second kappa shape index (κ2) is 9.45. The highest BCUT2D eigenvalue weighted by atomic mass is 35.5. The van der Waals surface area contributed by atoms with Gasteiger partial charge in [0.05, 0.1) is 16.0 Å². The van der Waals surface area contributed by atoms with Crippen LogP contribution in [-0.2, 0) is 6.54 Å². The summed E-state index contributed by atoms with van der Waals surface area (Å²) in [7, 11) is 0. The second-order valence-corrected chi connectivity index (χ2v) is 7.09. The molecular weight excluding hydrogens is 344 g/mol. The van der Waals surface area contributed by atoms with Crippen molar-refractivity contribution in [2.75, 3.05) is 19.7 Å².